The third kappa shape index (κ3) is 14.8. The number of aliphatic hydroxyl groups is 2. The lowest BCUT2D eigenvalue weighted by molar-refractivity contribution is -0.384. The zero-order chi connectivity index (χ0) is 50.4. The maximum atomic E-state index is 15.0. The molecule has 13 nitrogen and oxygen atoms in total. The number of aliphatic hydroxyl groups excluding tert-OH is 2. The monoisotopic (exact) mass is 982 g/mol. The Kier molecular flexibility index (Phi) is 22.0. The molecule has 1 saturated carbocycles. The molecule has 3 aliphatic rings. The molecule has 3 aromatic carbocycles. The van der Waals surface area contributed by atoms with Crippen molar-refractivity contribution in [1.82, 2.24) is 4.90 Å². The van der Waals surface area contributed by atoms with Gasteiger partial charge in [-0.05, 0) is 103 Å². The molecule has 0 aromatic heterocycles. The zero-order valence-electron chi connectivity index (χ0n) is 41.7. The number of nitrogens with zero attached hydrogens (tertiary/aromatic N) is 3. The van der Waals surface area contributed by atoms with Crippen LogP contribution in [0.3, 0.4) is 0 Å². The van der Waals surface area contributed by atoms with Crippen LogP contribution < -0.4 is 9.47 Å². The van der Waals surface area contributed by atoms with E-state index < -0.39 is 34.6 Å². The Morgan fingerprint density at radius 1 is 0.873 bits per heavy atom. The number of amides is 1. The Balaban J connectivity index is 1.47. The number of ether oxygens (including phenoxy) is 4. The zero-order valence-corrected chi connectivity index (χ0v) is 41.7. The van der Waals surface area contributed by atoms with Crippen molar-refractivity contribution in [2.75, 3.05) is 33.0 Å². The number of hydrogen-bond donors (Lipinski definition) is 2. The standard InChI is InChI=1S/C57H76FN3O10/c1-4-7-8-9-10-11-12-13-14-19-36-68-56(64)60(40-42-22-26-45(58)27-23-42)53-39-51(59-70-41-43-24-28-46(29-25-43)61(65)66)49-37-44(20-15-17-32-62)48(21-16-18-33-63)54-50-38-47(67-34-5-2)30-31-52(50)71-57(53,55(49)54)69-35-6-3/h5-6,22-31,37-38,44,48,53-55,62-63H,2-4,7-21,32-36,39-41H2,1H3/t44-,48+,53-,54+,55+,57+/m0/s1. The number of hydrogen-bond acceptors (Lipinski definition) is 11. The van der Waals surface area contributed by atoms with Crippen molar-refractivity contribution in [2.24, 2.45) is 22.9 Å². The molecule has 14 heteroatoms. The van der Waals surface area contributed by atoms with Crippen LogP contribution >= 0.6 is 0 Å². The number of unbranched alkanes of at least 4 members (excludes halogenated alkanes) is 11. The van der Waals surface area contributed by atoms with E-state index in [1.165, 1.54) is 62.8 Å². The molecular formula is C57H76FN3O10. The van der Waals surface area contributed by atoms with E-state index in [-0.39, 0.29) is 69.4 Å². The quantitative estimate of drug-likeness (QED) is 0.0266. The summed E-state index contributed by atoms with van der Waals surface area (Å²) < 4.78 is 41.3. The lowest BCUT2D eigenvalue weighted by Gasteiger charge is -2.59. The van der Waals surface area contributed by atoms with Crippen LogP contribution in [0.15, 0.2) is 109 Å². The van der Waals surface area contributed by atoms with E-state index in [0.717, 1.165) is 56.1 Å². The maximum absolute atomic E-state index is 15.0. The third-order valence-electron chi connectivity index (χ3n) is 14.2. The number of nitro benzene ring substituents is 1. The first kappa shape index (κ1) is 54.8. The summed E-state index contributed by atoms with van der Waals surface area (Å²) in [6.07, 6.45) is 20.7. The van der Waals surface area contributed by atoms with Gasteiger partial charge in [0.1, 0.15) is 36.6 Å². The minimum Gasteiger partial charge on any atom is -0.490 e. The number of nitro groups is 1. The van der Waals surface area contributed by atoms with Gasteiger partial charge in [0.15, 0.2) is 0 Å². The SMILES string of the molecule is C=CCOc1ccc2c(c1)[C@H]1[C@H](CCCCO)[C@@H](CCCCO)C=C3C(=NOCc4ccc([N+](=O)[O-])cc4)C[C@H](N(Cc4ccc(F)cc4)C(=O)OCCCCCCCCCCCC)[C@@](OCC=C)(O2)[C@H]31. The van der Waals surface area contributed by atoms with Gasteiger partial charge in [-0.1, -0.05) is 120 Å². The molecule has 0 bridgehead atoms. The summed E-state index contributed by atoms with van der Waals surface area (Å²) in [5.41, 5.74) is 3.62. The van der Waals surface area contributed by atoms with Crippen LogP contribution in [-0.2, 0) is 27.5 Å². The summed E-state index contributed by atoms with van der Waals surface area (Å²) >= 11 is 0. The highest BCUT2D eigenvalue weighted by molar-refractivity contribution is 6.03. The van der Waals surface area contributed by atoms with Crippen LogP contribution in [0, 0.1) is 33.7 Å². The van der Waals surface area contributed by atoms with Crippen molar-refractivity contribution < 1.29 is 48.1 Å². The first-order chi connectivity index (χ1) is 34.7. The molecule has 0 unspecified atom stereocenters. The van der Waals surface area contributed by atoms with Crippen molar-refractivity contribution in [2.45, 2.75) is 147 Å². The lowest BCUT2D eigenvalue weighted by Crippen LogP contribution is -2.70. The molecule has 0 saturated heterocycles. The van der Waals surface area contributed by atoms with Crippen LogP contribution in [-0.4, -0.2) is 76.7 Å². The van der Waals surface area contributed by atoms with Gasteiger partial charge in [0.2, 0.25) is 5.79 Å². The highest BCUT2D eigenvalue weighted by Gasteiger charge is 2.65. The van der Waals surface area contributed by atoms with Crippen LogP contribution in [0.1, 0.15) is 139 Å². The van der Waals surface area contributed by atoms with E-state index in [4.69, 9.17) is 28.9 Å². The smallest absolute Gasteiger partial charge is 0.410 e. The number of non-ortho nitro benzene ring substituents is 1. The lowest BCUT2D eigenvalue weighted by atomic mass is 9.55. The summed E-state index contributed by atoms with van der Waals surface area (Å²) in [6, 6.07) is 17.1. The molecule has 0 spiro atoms. The third-order valence-corrected chi connectivity index (χ3v) is 14.2. The molecule has 1 fully saturated rings. The Morgan fingerprint density at radius 3 is 2.20 bits per heavy atom. The van der Waals surface area contributed by atoms with Crippen LogP contribution in [0.5, 0.6) is 11.5 Å². The van der Waals surface area contributed by atoms with E-state index in [9.17, 15) is 24.7 Å². The molecule has 1 heterocycles. The topological polar surface area (TPSA) is 162 Å². The first-order valence-electron chi connectivity index (χ1n) is 26.0. The molecule has 1 amide bonds. The first-order valence-corrected chi connectivity index (χ1v) is 26.0. The number of carbonyl (C=O) groups is 1. The van der Waals surface area contributed by atoms with Gasteiger partial charge in [-0.15, -0.1) is 6.58 Å². The minimum atomic E-state index is -1.56. The van der Waals surface area contributed by atoms with Crippen molar-refractivity contribution in [3.63, 3.8) is 0 Å². The van der Waals surface area contributed by atoms with Gasteiger partial charge in [-0.2, -0.15) is 0 Å². The van der Waals surface area contributed by atoms with Crippen molar-refractivity contribution in [1.29, 1.82) is 0 Å². The maximum Gasteiger partial charge on any atom is 0.410 e. The van der Waals surface area contributed by atoms with Crippen LogP contribution in [0.4, 0.5) is 14.9 Å². The molecule has 0 radical (unpaired) electrons. The summed E-state index contributed by atoms with van der Waals surface area (Å²) in [4.78, 5) is 33.8. The Hall–Kier alpha value is -5.57. The molecule has 2 aliphatic carbocycles. The number of benzene rings is 3. The van der Waals surface area contributed by atoms with E-state index >= 15 is 4.79 Å². The van der Waals surface area contributed by atoms with E-state index in [1.807, 2.05) is 18.2 Å². The van der Waals surface area contributed by atoms with E-state index in [1.54, 1.807) is 41.3 Å². The molecule has 2 N–H and O–H groups in total. The minimum absolute atomic E-state index is 0.00457. The number of allylic oxidation sites excluding steroid dienone is 1. The molecule has 6 atom stereocenters. The van der Waals surface area contributed by atoms with Crippen molar-refractivity contribution >= 4 is 17.5 Å². The second-order valence-electron chi connectivity index (χ2n) is 19.1. The van der Waals surface area contributed by atoms with Gasteiger partial charge in [-0.3, -0.25) is 15.0 Å². The summed E-state index contributed by atoms with van der Waals surface area (Å²) in [5, 5.41) is 36.3. The van der Waals surface area contributed by atoms with E-state index in [0.29, 0.717) is 54.2 Å². The predicted molar refractivity (Wildman–Crippen MR) is 274 cm³/mol. The fraction of sp³-hybridized carbons (Fsp3) is 0.544. The van der Waals surface area contributed by atoms with Crippen molar-refractivity contribution in [3.8, 4) is 11.5 Å². The molecular weight excluding hydrogens is 906 g/mol. The molecule has 386 valence electrons. The predicted octanol–water partition coefficient (Wildman–Crippen LogP) is 12.7. The van der Waals surface area contributed by atoms with Gasteiger partial charge in [0.05, 0.1) is 29.8 Å². The van der Waals surface area contributed by atoms with Crippen LogP contribution in [0.2, 0.25) is 0 Å². The number of carbonyl (C=O) groups excluding carboxylic acids is 1. The Labute approximate surface area is 419 Å². The largest absolute Gasteiger partial charge is 0.490 e. The van der Waals surface area contributed by atoms with Gasteiger partial charge < -0.3 is 34.0 Å². The fourth-order valence-electron chi connectivity index (χ4n) is 10.7. The van der Waals surface area contributed by atoms with Crippen molar-refractivity contribution in [3.05, 3.63) is 136 Å². The Morgan fingerprint density at radius 2 is 1.54 bits per heavy atom. The number of fused-ring (bicyclic) bond motifs is 2. The number of rotatable bonds is 32. The molecule has 6 rings (SSSR count). The summed E-state index contributed by atoms with van der Waals surface area (Å²) in [5.74, 6) is -1.67. The highest BCUT2D eigenvalue weighted by Crippen LogP contribution is 2.62. The van der Waals surface area contributed by atoms with Gasteiger partial charge in [-0.25, -0.2) is 9.18 Å². The van der Waals surface area contributed by atoms with Gasteiger partial charge in [0, 0.05) is 49.8 Å². The fourth-order valence-corrected chi connectivity index (χ4v) is 10.7. The average Bonchev–Trinajstić information content (AvgIpc) is 3.37. The molecule has 1 aliphatic heterocycles. The average molecular weight is 982 g/mol. The summed E-state index contributed by atoms with van der Waals surface area (Å²) in [6.45, 7) is 10.8. The van der Waals surface area contributed by atoms with Gasteiger partial charge in [0.25, 0.3) is 5.69 Å². The molecule has 71 heavy (non-hydrogen) atoms. The van der Waals surface area contributed by atoms with Gasteiger partial charge >= 0.3 is 6.09 Å². The second kappa shape index (κ2) is 28.5. The van der Waals surface area contributed by atoms with Crippen LogP contribution in [0.25, 0.3) is 0 Å². The second-order valence-corrected chi connectivity index (χ2v) is 19.1. The number of oxime groups is 1. The Bertz CT molecular complexity index is 2220. The molecule has 3 aromatic rings. The van der Waals surface area contributed by atoms with E-state index in [2.05, 4.69) is 26.2 Å². The number of halogens is 1. The summed E-state index contributed by atoms with van der Waals surface area (Å²) in [7, 11) is 0. The normalized spacial score (nSPS) is 21.5. The highest BCUT2D eigenvalue weighted by atomic mass is 19.1.